The summed E-state index contributed by atoms with van der Waals surface area (Å²) >= 11 is 1.57. The van der Waals surface area contributed by atoms with E-state index >= 15 is 0 Å². The fourth-order valence-corrected chi connectivity index (χ4v) is 4.52. The minimum atomic E-state index is -0.0362. The predicted molar refractivity (Wildman–Crippen MR) is 137 cm³/mol. The third-order valence-corrected chi connectivity index (χ3v) is 6.53. The number of para-hydroxylation sites is 1. The molecular formula is C27H24N6OS. The molecule has 0 radical (unpaired) electrons. The van der Waals surface area contributed by atoms with Crippen LogP contribution in [0.25, 0.3) is 16.9 Å². The Bertz CT molecular complexity index is 1380. The molecule has 35 heavy (non-hydrogen) atoms. The lowest BCUT2D eigenvalue weighted by Crippen LogP contribution is -2.26. The van der Waals surface area contributed by atoms with Crippen LogP contribution in [0.1, 0.15) is 21.5 Å². The van der Waals surface area contributed by atoms with E-state index in [4.69, 9.17) is 5.10 Å². The van der Waals surface area contributed by atoms with Gasteiger partial charge in [0, 0.05) is 42.2 Å². The number of nitrogens with zero attached hydrogens (tertiary/aromatic N) is 5. The molecule has 5 aromatic rings. The van der Waals surface area contributed by atoms with Gasteiger partial charge in [-0.1, -0.05) is 72.4 Å². The van der Waals surface area contributed by atoms with E-state index in [2.05, 4.69) is 15.2 Å². The van der Waals surface area contributed by atoms with Crippen LogP contribution < -0.4 is 0 Å². The Morgan fingerprint density at radius 1 is 0.971 bits per heavy atom. The lowest BCUT2D eigenvalue weighted by molar-refractivity contribution is 0.0785. The standard InChI is InChI=1S/C27H24N6OS/c1-32(26(34)22-14-12-20(13-15-22)18-35-27-28-19-29-30-27)16-23-17-33(24-10-6-3-7-11-24)31-25(23)21-8-4-2-5-9-21/h2-15,17,19H,16,18H2,1H3,(H,28,29,30). The Labute approximate surface area is 207 Å². The summed E-state index contributed by atoms with van der Waals surface area (Å²) in [7, 11) is 1.82. The first kappa shape index (κ1) is 22.6. The third-order valence-electron chi connectivity index (χ3n) is 5.58. The molecule has 1 N–H and O–H groups in total. The van der Waals surface area contributed by atoms with Crippen molar-refractivity contribution in [1.82, 2.24) is 29.9 Å². The van der Waals surface area contributed by atoms with Crippen molar-refractivity contribution in [3.63, 3.8) is 0 Å². The summed E-state index contributed by atoms with van der Waals surface area (Å²) < 4.78 is 1.87. The first-order valence-corrected chi connectivity index (χ1v) is 12.2. The zero-order chi connectivity index (χ0) is 24.0. The summed E-state index contributed by atoms with van der Waals surface area (Å²) in [6.45, 7) is 0.443. The number of aromatic nitrogens is 5. The highest BCUT2D eigenvalue weighted by Gasteiger charge is 2.18. The number of amides is 1. The molecule has 8 heteroatoms. The summed E-state index contributed by atoms with van der Waals surface area (Å²) in [4.78, 5) is 19.1. The second-order valence-corrected chi connectivity index (χ2v) is 9.05. The largest absolute Gasteiger partial charge is 0.337 e. The summed E-state index contributed by atoms with van der Waals surface area (Å²) in [5.74, 6) is 0.712. The van der Waals surface area contributed by atoms with Crippen LogP contribution in [0.3, 0.4) is 0 Å². The van der Waals surface area contributed by atoms with E-state index in [1.165, 1.54) is 6.33 Å². The highest BCUT2D eigenvalue weighted by molar-refractivity contribution is 7.98. The maximum atomic E-state index is 13.2. The van der Waals surface area contributed by atoms with Gasteiger partial charge in [0.15, 0.2) is 5.16 Å². The molecule has 7 nitrogen and oxygen atoms in total. The second kappa shape index (κ2) is 10.4. The number of thioether (sulfide) groups is 1. The SMILES string of the molecule is CN(Cc1cn(-c2ccccc2)nc1-c1ccccc1)C(=O)c1ccc(CSc2ncn[nH]2)cc1. The lowest BCUT2D eigenvalue weighted by Gasteiger charge is -2.17. The molecule has 0 aliphatic carbocycles. The Morgan fingerprint density at radius 2 is 1.69 bits per heavy atom. The normalized spacial score (nSPS) is 10.9. The Morgan fingerprint density at radius 3 is 2.37 bits per heavy atom. The molecule has 0 fully saturated rings. The highest BCUT2D eigenvalue weighted by atomic mass is 32.2. The van der Waals surface area contributed by atoms with Gasteiger partial charge in [-0.25, -0.2) is 9.67 Å². The van der Waals surface area contributed by atoms with Gasteiger partial charge in [-0.2, -0.15) is 10.2 Å². The van der Waals surface area contributed by atoms with E-state index in [1.54, 1.807) is 16.7 Å². The molecule has 0 aliphatic heterocycles. The number of hydrogen-bond donors (Lipinski definition) is 1. The Hall–Kier alpha value is -4.17. The van der Waals surface area contributed by atoms with Gasteiger partial charge in [0.05, 0.1) is 11.4 Å². The number of carbonyl (C=O) groups excluding carboxylic acids is 1. The van der Waals surface area contributed by atoms with Crippen LogP contribution in [0, 0.1) is 0 Å². The van der Waals surface area contributed by atoms with E-state index in [-0.39, 0.29) is 5.91 Å². The van der Waals surface area contributed by atoms with E-state index in [1.807, 2.05) is 103 Å². The molecule has 1 amide bonds. The highest BCUT2D eigenvalue weighted by Crippen LogP contribution is 2.25. The monoisotopic (exact) mass is 480 g/mol. The van der Waals surface area contributed by atoms with Crippen LogP contribution in [0.4, 0.5) is 0 Å². The molecule has 5 rings (SSSR count). The van der Waals surface area contributed by atoms with Crippen molar-refractivity contribution in [2.75, 3.05) is 7.05 Å². The molecule has 0 saturated heterocycles. The van der Waals surface area contributed by atoms with Crippen molar-refractivity contribution in [2.45, 2.75) is 17.5 Å². The van der Waals surface area contributed by atoms with Crippen LogP contribution in [0.2, 0.25) is 0 Å². The molecule has 3 aromatic carbocycles. The van der Waals surface area contributed by atoms with Gasteiger partial charge < -0.3 is 4.90 Å². The van der Waals surface area contributed by atoms with Crippen molar-refractivity contribution < 1.29 is 4.79 Å². The number of hydrogen-bond acceptors (Lipinski definition) is 5. The van der Waals surface area contributed by atoms with Crippen molar-refractivity contribution >= 4 is 17.7 Å². The fraction of sp³-hybridized carbons (Fsp3) is 0.111. The topological polar surface area (TPSA) is 79.7 Å². The summed E-state index contributed by atoms with van der Waals surface area (Å²) in [6.07, 6.45) is 3.50. The first-order chi connectivity index (χ1) is 17.2. The van der Waals surface area contributed by atoms with Crippen molar-refractivity contribution in [2.24, 2.45) is 0 Å². The zero-order valence-corrected chi connectivity index (χ0v) is 20.0. The van der Waals surface area contributed by atoms with Crippen LogP contribution >= 0.6 is 11.8 Å². The Balaban J connectivity index is 1.33. The molecule has 0 bridgehead atoms. The molecule has 174 valence electrons. The van der Waals surface area contributed by atoms with Gasteiger partial charge in [-0.15, -0.1) is 0 Å². The molecule has 0 aliphatic rings. The number of nitrogens with one attached hydrogen (secondary N) is 1. The van der Waals surface area contributed by atoms with E-state index in [0.717, 1.165) is 39.0 Å². The molecule has 0 atom stereocenters. The lowest BCUT2D eigenvalue weighted by atomic mass is 10.1. The minimum absolute atomic E-state index is 0.0362. The smallest absolute Gasteiger partial charge is 0.253 e. The number of H-pyrrole nitrogens is 1. The van der Waals surface area contributed by atoms with Gasteiger partial charge >= 0.3 is 0 Å². The van der Waals surface area contributed by atoms with Gasteiger partial charge in [-0.3, -0.25) is 9.89 Å². The molecule has 0 spiro atoms. The molecular weight excluding hydrogens is 456 g/mol. The predicted octanol–water partition coefficient (Wildman–Crippen LogP) is 5.22. The maximum Gasteiger partial charge on any atom is 0.253 e. The average molecular weight is 481 g/mol. The number of aromatic amines is 1. The van der Waals surface area contributed by atoms with Crippen molar-refractivity contribution in [1.29, 1.82) is 0 Å². The van der Waals surface area contributed by atoms with Gasteiger partial charge in [0.2, 0.25) is 0 Å². The Kier molecular flexibility index (Phi) is 6.72. The van der Waals surface area contributed by atoms with Crippen molar-refractivity contribution in [3.8, 4) is 16.9 Å². The summed E-state index contributed by atoms with van der Waals surface area (Å²) in [5, 5.41) is 12.3. The van der Waals surface area contributed by atoms with E-state index < -0.39 is 0 Å². The molecule has 0 unspecified atom stereocenters. The maximum absolute atomic E-state index is 13.2. The number of benzene rings is 3. The van der Waals surface area contributed by atoms with E-state index in [9.17, 15) is 4.79 Å². The van der Waals surface area contributed by atoms with Crippen LogP contribution in [-0.2, 0) is 12.3 Å². The minimum Gasteiger partial charge on any atom is -0.337 e. The van der Waals surface area contributed by atoms with Gasteiger partial charge in [0.1, 0.15) is 6.33 Å². The average Bonchev–Trinajstić information content (AvgIpc) is 3.59. The van der Waals surface area contributed by atoms with Crippen LogP contribution in [-0.4, -0.2) is 42.8 Å². The van der Waals surface area contributed by atoms with Gasteiger partial charge in [-0.05, 0) is 29.8 Å². The van der Waals surface area contributed by atoms with Crippen LogP contribution in [0.5, 0.6) is 0 Å². The number of rotatable bonds is 8. The summed E-state index contributed by atoms with van der Waals surface area (Å²) in [6, 6.07) is 27.8. The first-order valence-electron chi connectivity index (χ1n) is 11.2. The molecule has 0 saturated carbocycles. The van der Waals surface area contributed by atoms with Gasteiger partial charge in [0.25, 0.3) is 5.91 Å². The zero-order valence-electron chi connectivity index (χ0n) is 19.2. The molecule has 2 aromatic heterocycles. The quantitative estimate of drug-likeness (QED) is 0.308. The molecule has 2 heterocycles. The third kappa shape index (κ3) is 5.33. The fourth-order valence-electron chi connectivity index (χ4n) is 3.78. The second-order valence-electron chi connectivity index (χ2n) is 8.09. The summed E-state index contributed by atoms with van der Waals surface area (Å²) in [5.41, 5.74) is 5.61. The van der Waals surface area contributed by atoms with E-state index in [0.29, 0.717) is 12.1 Å². The number of carbonyl (C=O) groups is 1. The van der Waals surface area contributed by atoms with Crippen LogP contribution in [0.15, 0.2) is 103 Å². The van der Waals surface area contributed by atoms with Crippen molar-refractivity contribution in [3.05, 3.63) is 114 Å².